The summed E-state index contributed by atoms with van der Waals surface area (Å²) < 4.78 is 1.93. The van der Waals surface area contributed by atoms with E-state index in [1.807, 2.05) is 59.3 Å². The van der Waals surface area contributed by atoms with Crippen LogP contribution >= 0.6 is 11.6 Å². The van der Waals surface area contributed by atoms with Crippen molar-refractivity contribution in [1.82, 2.24) is 25.6 Å². The van der Waals surface area contributed by atoms with Crippen molar-refractivity contribution in [3.63, 3.8) is 0 Å². The molecule has 1 fully saturated rings. The molecule has 0 spiro atoms. The molecule has 0 aliphatic carbocycles. The predicted molar refractivity (Wildman–Crippen MR) is 95.9 cm³/mol. The van der Waals surface area contributed by atoms with Crippen molar-refractivity contribution in [2.75, 3.05) is 0 Å². The third-order valence-corrected chi connectivity index (χ3v) is 4.70. The topological polar surface area (TPSA) is 70.5 Å². The lowest BCUT2D eigenvalue weighted by Crippen LogP contribution is -2.42. The maximum atomic E-state index is 12.4. The number of halogens is 1. The number of amides is 1. The molecule has 3 heterocycles. The van der Waals surface area contributed by atoms with Crippen molar-refractivity contribution < 1.29 is 4.79 Å². The van der Waals surface area contributed by atoms with E-state index in [0.29, 0.717) is 18.0 Å². The lowest BCUT2D eigenvalue weighted by atomic mass is 10.0. The van der Waals surface area contributed by atoms with E-state index in [-0.39, 0.29) is 18.0 Å². The molecular formula is C18H18ClN5O. The molecule has 3 N–H and O–H groups in total. The number of rotatable bonds is 4. The van der Waals surface area contributed by atoms with Crippen LogP contribution < -0.4 is 16.2 Å². The molecule has 2 atom stereocenters. The van der Waals surface area contributed by atoms with Crippen molar-refractivity contribution in [1.29, 1.82) is 0 Å². The summed E-state index contributed by atoms with van der Waals surface area (Å²) in [4.78, 5) is 16.9. The Morgan fingerprint density at radius 3 is 2.92 bits per heavy atom. The number of aromatic nitrogens is 2. The first kappa shape index (κ1) is 16.1. The molecule has 1 aromatic carbocycles. The summed E-state index contributed by atoms with van der Waals surface area (Å²) in [5.41, 5.74) is 8.88. The maximum Gasteiger partial charge on any atom is 0.238 e. The molecular weight excluding hydrogens is 338 g/mol. The SMILES string of the molecule is O=C(NCc1cn2ccccc2n1)C1CC(c2ccccc2Cl)NN1. The summed E-state index contributed by atoms with van der Waals surface area (Å²) in [6.45, 7) is 0.398. The Hall–Kier alpha value is -2.41. The van der Waals surface area contributed by atoms with Crippen LogP contribution in [0.2, 0.25) is 5.02 Å². The van der Waals surface area contributed by atoms with Gasteiger partial charge in [0, 0.05) is 23.5 Å². The van der Waals surface area contributed by atoms with E-state index in [2.05, 4.69) is 21.2 Å². The Morgan fingerprint density at radius 2 is 2.08 bits per heavy atom. The first-order valence-corrected chi connectivity index (χ1v) is 8.54. The molecule has 6 nitrogen and oxygen atoms in total. The number of pyridine rings is 1. The first-order chi connectivity index (χ1) is 12.2. The standard InChI is InChI=1S/C18H18ClN5O/c19-14-6-2-1-5-13(14)15-9-16(23-22-15)18(25)20-10-12-11-24-8-4-3-7-17(24)21-12/h1-8,11,15-16,22-23H,9-10H2,(H,20,25). The Morgan fingerprint density at radius 1 is 1.24 bits per heavy atom. The second kappa shape index (κ2) is 6.84. The molecule has 3 aromatic rings. The molecule has 0 saturated carbocycles. The van der Waals surface area contributed by atoms with Crippen molar-refractivity contribution in [2.24, 2.45) is 0 Å². The summed E-state index contributed by atoms with van der Waals surface area (Å²) in [5, 5.41) is 3.64. The molecule has 25 heavy (non-hydrogen) atoms. The number of benzene rings is 1. The minimum absolute atomic E-state index is 0.0136. The number of nitrogens with zero attached hydrogens (tertiary/aromatic N) is 2. The van der Waals surface area contributed by atoms with Crippen molar-refractivity contribution >= 4 is 23.2 Å². The third kappa shape index (κ3) is 3.37. The molecule has 1 saturated heterocycles. The molecule has 2 unspecified atom stereocenters. The largest absolute Gasteiger partial charge is 0.349 e. The average Bonchev–Trinajstić information content (AvgIpc) is 3.27. The number of nitrogens with one attached hydrogen (secondary N) is 3. The second-order valence-corrected chi connectivity index (χ2v) is 6.47. The van der Waals surface area contributed by atoms with Gasteiger partial charge in [0.2, 0.25) is 5.91 Å². The first-order valence-electron chi connectivity index (χ1n) is 8.16. The van der Waals surface area contributed by atoms with Crippen LogP contribution in [0, 0.1) is 0 Å². The molecule has 0 bridgehead atoms. The van der Waals surface area contributed by atoms with Crippen LogP contribution in [0.3, 0.4) is 0 Å². The number of carbonyl (C=O) groups excluding carboxylic acids is 1. The molecule has 7 heteroatoms. The Balaban J connectivity index is 1.36. The number of carbonyl (C=O) groups is 1. The van der Waals surface area contributed by atoms with Crippen LogP contribution in [0.5, 0.6) is 0 Å². The van der Waals surface area contributed by atoms with Crippen molar-refractivity contribution in [3.8, 4) is 0 Å². The van der Waals surface area contributed by atoms with E-state index < -0.39 is 0 Å². The van der Waals surface area contributed by atoms with Gasteiger partial charge in [0.1, 0.15) is 11.7 Å². The van der Waals surface area contributed by atoms with E-state index >= 15 is 0 Å². The highest BCUT2D eigenvalue weighted by atomic mass is 35.5. The van der Waals surface area contributed by atoms with E-state index in [9.17, 15) is 4.79 Å². The van der Waals surface area contributed by atoms with Crippen LogP contribution in [0.4, 0.5) is 0 Å². The fraction of sp³-hybridized carbons (Fsp3) is 0.222. The maximum absolute atomic E-state index is 12.4. The summed E-state index contributed by atoms with van der Waals surface area (Å²) in [7, 11) is 0. The van der Waals surface area contributed by atoms with Gasteiger partial charge in [-0.15, -0.1) is 0 Å². The van der Waals surface area contributed by atoms with Gasteiger partial charge < -0.3 is 9.72 Å². The quantitative estimate of drug-likeness (QED) is 0.671. The second-order valence-electron chi connectivity index (χ2n) is 6.07. The fourth-order valence-electron chi connectivity index (χ4n) is 3.06. The van der Waals surface area contributed by atoms with E-state index in [1.165, 1.54) is 0 Å². The molecule has 1 aliphatic rings. The zero-order valence-corrected chi connectivity index (χ0v) is 14.2. The monoisotopic (exact) mass is 355 g/mol. The summed E-state index contributed by atoms with van der Waals surface area (Å²) in [6, 6.07) is 13.2. The Bertz CT molecular complexity index is 876. The normalized spacial score (nSPS) is 20.0. The number of imidazole rings is 1. The van der Waals surface area contributed by atoms with E-state index in [4.69, 9.17) is 11.6 Å². The van der Waals surface area contributed by atoms with Crippen LogP contribution in [0.1, 0.15) is 23.7 Å². The van der Waals surface area contributed by atoms with Gasteiger partial charge in [-0.1, -0.05) is 35.9 Å². The van der Waals surface area contributed by atoms with Crippen molar-refractivity contribution in [2.45, 2.75) is 25.0 Å². The van der Waals surface area contributed by atoms with Gasteiger partial charge in [-0.05, 0) is 30.2 Å². The van der Waals surface area contributed by atoms with Gasteiger partial charge in [0.25, 0.3) is 0 Å². The van der Waals surface area contributed by atoms with Crippen LogP contribution in [0.15, 0.2) is 54.9 Å². The minimum Gasteiger partial charge on any atom is -0.349 e. The van der Waals surface area contributed by atoms with E-state index in [0.717, 1.165) is 16.9 Å². The molecule has 1 amide bonds. The number of hydrazine groups is 1. The fourth-order valence-corrected chi connectivity index (χ4v) is 3.33. The molecule has 128 valence electrons. The van der Waals surface area contributed by atoms with Gasteiger partial charge in [-0.2, -0.15) is 0 Å². The zero-order chi connectivity index (χ0) is 17.2. The summed E-state index contributed by atoms with van der Waals surface area (Å²) in [6.07, 6.45) is 4.49. The van der Waals surface area contributed by atoms with Gasteiger partial charge >= 0.3 is 0 Å². The van der Waals surface area contributed by atoms with Gasteiger partial charge in [-0.3, -0.25) is 4.79 Å². The zero-order valence-electron chi connectivity index (χ0n) is 13.4. The summed E-state index contributed by atoms with van der Waals surface area (Å²) in [5.74, 6) is -0.0564. The predicted octanol–water partition coefficient (Wildman–Crippen LogP) is 2.21. The molecule has 2 aromatic heterocycles. The average molecular weight is 356 g/mol. The van der Waals surface area contributed by atoms with Gasteiger partial charge in [0.15, 0.2) is 0 Å². The Labute approximate surface area is 150 Å². The number of hydrogen-bond donors (Lipinski definition) is 3. The molecule has 0 radical (unpaired) electrons. The van der Waals surface area contributed by atoms with Crippen molar-refractivity contribution in [3.05, 3.63) is 71.1 Å². The highest BCUT2D eigenvalue weighted by Crippen LogP contribution is 2.28. The smallest absolute Gasteiger partial charge is 0.238 e. The van der Waals surface area contributed by atoms with E-state index in [1.54, 1.807) is 0 Å². The lowest BCUT2D eigenvalue weighted by molar-refractivity contribution is -0.123. The Kier molecular flexibility index (Phi) is 4.40. The van der Waals surface area contributed by atoms with Crippen LogP contribution in [0.25, 0.3) is 5.65 Å². The lowest BCUT2D eigenvalue weighted by Gasteiger charge is -2.11. The highest BCUT2D eigenvalue weighted by molar-refractivity contribution is 6.31. The highest BCUT2D eigenvalue weighted by Gasteiger charge is 2.30. The molecule has 4 rings (SSSR count). The minimum atomic E-state index is -0.307. The number of hydrogen-bond acceptors (Lipinski definition) is 4. The van der Waals surface area contributed by atoms with Gasteiger partial charge in [0.05, 0.1) is 12.2 Å². The third-order valence-electron chi connectivity index (χ3n) is 4.36. The van der Waals surface area contributed by atoms with Crippen LogP contribution in [-0.2, 0) is 11.3 Å². The van der Waals surface area contributed by atoms with Gasteiger partial charge in [-0.25, -0.2) is 15.8 Å². The summed E-state index contributed by atoms with van der Waals surface area (Å²) >= 11 is 6.23. The number of fused-ring (bicyclic) bond motifs is 1. The molecule has 1 aliphatic heterocycles. The van der Waals surface area contributed by atoms with Crippen LogP contribution in [-0.4, -0.2) is 21.3 Å².